The smallest absolute Gasteiger partial charge is 0.243 e. The van der Waals surface area contributed by atoms with Gasteiger partial charge in [0.2, 0.25) is 15.9 Å². The van der Waals surface area contributed by atoms with Gasteiger partial charge in [-0.25, -0.2) is 8.42 Å². The second-order valence-electron chi connectivity index (χ2n) is 10.9. The van der Waals surface area contributed by atoms with Gasteiger partial charge in [-0.3, -0.25) is 9.78 Å². The molecule has 0 aliphatic carbocycles. The standard InChI is InChI=1S/C28H33ClN4O3S/c1-28(2,3)20-6-9-22(10-7-20)37(35,36)33-14-4-5-26(33)27(34)32-17-15-31(16-18-32)25-12-13-30-24-19-21(29)8-11-23(24)25/h6-13,19,26H,4-5,14-18H2,1-3H3/t26-/m1/s1. The number of carbonyl (C=O) groups excluding carboxylic acids is 1. The second-order valence-corrected chi connectivity index (χ2v) is 13.2. The van der Waals surface area contributed by atoms with Crippen LogP contribution in [-0.4, -0.2) is 67.3 Å². The molecule has 2 saturated heterocycles. The fourth-order valence-corrected chi connectivity index (χ4v) is 7.11. The van der Waals surface area contributed by atoms with Crippen LogP contribution in [0.4, 0.5) is 5.69 Å². The Kier molecular flexibility index (Phi) is 6.94. The Morgan fingerprint density at radius 1 is 0.973 bits per heavy atom. The molecule has 1 amide bonds. The van der Waals surface area contributed by atoms with Crippen LogP contribution in [0.25, 0.3) is 10.9 Å². The minimum absolute atomic E-state index is 0.0633. The van der Waals surface area contributed by atoms with Crippen molar-refractivity contribution in [3.05, 3.63) is 65.3 Å². The summed E-state index contributed by atoms with van der Waals surface area (Å²) < 4.78 is 28.4. The first kappa shape index (κ1) is 25.9. The lowest BCUT2D eigenvalue weighted by Gasteiger charge is -2.38. The maximum absolute atomic E-state index is 13.5. The molecule has 2 aliphatic heterocycles. The van der Waals surface area contributed by atoms with Gasteiger partial charge >= 0.3 is 0 Å². The number of anilines is 1. The third kappa shape index (κ3) is 5.07. The number of carbonyl (C=O) groups is 1. The van der Waals surface area contributed by atoms with Gasteiger partial charge in [0.05, 0.1) is 10.4 Å². The maximum atomic E-state index is 13.5. The van der Waals surface area contributed by atoms with Crippen LogP contribution in [0, 0.1) is 0 Å². The van der Waals surface area contributed by atoms with Crippen molar-refractivity contribution in [3.8, 4) is 0 Å². The van der Waals surface area contributed by atoms with Gasteiger partial charge in [0.1, 0.15) is 6.04 Å². The summed E-state index contributed by atoms with van der Waals surface area (Å²) in [5.41, 5.74) is 2.92. The van der Waals surface area contributed by atoms with Crippen LogP contribution in [-0.2, 0) is 20.2 Å². The molecule has 3 aromatic rings. The Balaban J connectivity index is 1.29. The number of hydrogen-bond acceptors (Lipinski definition) is 5. The van der Waals surface area contributed by atoms with Gasteiger partial charge in [0.25, 0.3) is 0 Å². The van der Waals surface area contributed by atoms with Gasteiger partial charge in [0.15, 0.2) is 0 Å². The molecule has 3 heterocycles. The monoisotopic (exact) mass is 540 g/mol. The number of benzene rings is 2. The van der Waals surface area contributed by atoms with Gasteiger partial charge in [-0.2, -0.15) is 4.31 Å². The number of amides is 1. The minimum Gasteiger partial charge on any atom is -0.367 e. The number of pyridine rings is 1. The molecule has 0 saturated carbocycles. The van der Waals surface area contributed by atoms with Gasteiger partial charge < -0.3 is 9.80 Å². The number of aromatic nitrogens is 1. The summed E-state index contributed by atoms with van der Waals surface area (Å²) in [5, 5.41) is 1.67. The van der Waals surface area contributed by atoms with Gasteiger partial charge in [-0.1, -0.05) is 44.5 Å². The van der Waals surface area contributed by atoms with Crippen molar-refractivity contribution in [2.24, 2.45) is 0 Å². The summed E-state index contributed by atoms with van der Waals surface area (Å²) in [4.78, 5) is 22.3. The molecule has 196 valence electrons. The van der Waals surface area contributed by atoms with E-state index in [0.29, 0.717) is 50.6 Å². The summed E-state index contributed by atoms with van der Waals surface area (Å²) in [6, 6.07) is 14.1. The van der Waals surface area contributed by atoms with Crippen LogP contribution < -0.4 is 4.90 Å². The van der Waals surface area contributed by atoms with Crippen LogP contribution in [0.2, 0.25) is 5.02 Å². The molecule has 5 rings (SSSR count). The Morgan fingerprint density at radius 3 is 2.35 bits per heavy atom. The highest BCUT2D eigenvalue weighted by atomic mass is 35.5. The summed E-state index contributed by atoms with van der Waals surface area (Å²) in [7, 11) is -3.76. The Morgan fingerprint density at radius 2 is 1.68 bits per heavy atom. The van der Waals surface area contributed by atoms with Crippen LogP contribution in [0.5, 0.6) is 0 Å². The first-order valence-electron chi connectivity index (χ1n) is 12.8. The maximum Gasteiger partial charge on any atom is 0.243 e. The van der Waals surface area contributed by atoms with E-state index in [4.69, 9.17) is 11.6 Å². The first-order valence-corrected chi connectivity index (χ1v) is 14.6. The van der Waals surface area contributed by atoms with E-state index in [1.54, 1.807) is 18.3 Å². The lowest BCUT2D eigenvalue weighted by atomic mass is 9.87. The highest BCUT2D eigenvalue weighted by molar-refractivity contribution is 7.89. The average Bonchev–Trinajstić information content (AvgIpc) is 3.38. The number of halogens is 1. The van der Waals surface area contributed by atoms with E-state index in [0.717, 1.165) is 22.2 Å². The molecule has 2 aromatic carbocycles. The fourth-order valence-electron chi connectivity index (χ4n) is 5.30. The van der Waals surface area contributed by atoms with E-state index in [-0.39, 0.29) is 16.2 Å². The van der Waals surface area contributed by atoms with E-state index in [1.165, 1.54) is 4.31 Å². The summed E-state index contributed by atoms with van der Waals surface area (Å²) in [6.45, 7) is 9.07. The number of hydrogen-bond donors (Lipinski definition) is 0. The minimum atomic E-state index is -3.76. The zero-order chi connectivity index (χ0) is 26.4. The average molecular weight is 541 g/mol. The summed E-state index contributed by atoms with van der Waals surface area (Å²) in [5.74, 6) is -0.0987. The predicted molar refractivity (Wildman–Crippen MR) is 148 cm³/mol. The number of fused-ring (bicyclic) bond motifs is 1. The first-order chi connectivity index (χ1) is 17.6. The highest BCUT2D eigenvalue weighted by Gasteiger charge is 2.41. The van der Waals surface area contributed by atoms with Crippen molar-refractivity contribution < 1.29 is 13.2 Å². The summed E-state index contributed by atoms with van der Waals surface area (Å²) >= 11 is 6.14. The number of piperazine rings is 1. The Bertz CT molecular complexity index is 1410. The topological polar surface area (TPSA) is 73.8 Å². The molecule has 7 nitrogen and oxygen atoms in total. The zero-order valence-electron chi connectivity index (χ0n) is 21.5. The molecule has 1 aromatic heterocycles. The van der Waals surface area contributed by atoms with E-state index in [9.17, 15) is 13.2 Å². The molecular weight excluding hydrogens is 508 g/mol. The van der Waals surface area contributed by atoms with Crippen molar-refractivity contribution >= 4 is 44.1 Å². The predicted octanol–water partition coefficient (Wildman–Crippen LogP) is 4.69. The van der Waals surface area contributed by atoms with Crippen LogP contribution in [0.3, 0.4) is 0 Å². The molecule has 0 unspecified atom stereocenters. The third-order valence-corrected chi connectivity index (χ3v) is 9.59. The lowest BCUT2D eigenvalue weighted by molar-refractivity contribution is -0.134. The molecule has 0 spiro atoms. The summed E-state index contributed by atoms with van der Waals surface area (Å²) in [6.07, 6.45) is 3.01. The fraction of sp³-hybridized carbons (Fsp3) is 0.429. The second kappa shape index (κ2) is 9.89. The SMILES string of the molecule is CC(C)(C)c1ccc(S(=O)(=O)N2CCC[C@@H]2C(=O)N2CCN(c3ccnc4cc(Cl)ccc34)CC2)cc1. The highest BCUT2D eigenvalue weighted by Crippen LogP contribution is 2.31. The number of sulfonamides is 1. The normalized spacial score (nSPS) is 19.5. The van der Waals surface area contributed by atoms with Crippen LogP contribution in [0.1, 0.15) is 39.2 Å². The van der Waals surface area contributed by atoms with Crippen molar-refractivity contribution in [1.29, 1.82) is 0 Å². The molecule has 2 fully saturated rings. The lowest BCUT2D eigenvalue weighted by Crippen LogP contribution is -2.54. The zero-order valence-corrected chi connectivity index (χ0v) is 23.1. The Labute approximate surface area is 224 Å². The van der Waals surface area contributed by atoms with Crippen molar-refractivity contribution in [3.63, 3.8) is 0 Å². The van der Waals surface area contributed by atoms with E-state index in [1.807, 2.05) is 41.3 Å². The van der Waals surface area contributed by atoms with Crippen molar-refractivity contribution in [2.75, 3.05) is 37.6 Å². The van der Waals surface area contributed by atoms with Gasteiger partial charge in [-0.05, 0) is 60.2 Å². The largest absolute Gasteiger partial charge is 0.367 e. The van der Waals surface area contributed by atoms with E-state index in [2.05, 4.69) is 30.7 Å². The number of rotatable bonds is 4. The third-order valence-electron chi connectivity index (χ3n) is 7.43. The molecule has 0 bridgehead atoms. The van der Waals surface area contributed by atoms with Crippen molar-refractivity contribution in [2.45, 2.75) is 50.0 Å². The van der Waals surface area contributed by atoms with E-state index < -0.39 is 16.1 Å². The number of nitrogens with zero attached hydrogens (tertiary/aromatic N) is 4. The van der Waals surface area contributed by atoms with Crippen molar-refractivity contribution in [1.82, 2.24) is 14.2 Å². The molecular formula is C28H33ClN4O3S. The molecule has 1 atom stereocenters. The molecule has 0 radical (unpaired) electrons. The van der Waals surface area contributed by atoms with Crippen LogP contribution in [0.15, 0.2) is 59.6 Å². The Hall–Kier alpha value is -2.68. The molecule has 0 N–H and O–H groups in total. The molecule has 2 aliphatic rings. The van der Waals surface area contributed by atoms with Gasteiger partial charge in [-0.15, -0.1) is 0 Å². The molecule has 37 heavy (non-hydrogen) atoms. The van der Waals surface area contributed by atoms with Crippen LogP contribution >= 0.6 is 11.6 Å². The van der Waals surface area contributed by atoms with Gasteiger partial charge in [0, 0.05) is 55.0 Å². The van der Waals surface area contributed by atoms with E-state index >= 15 is 0 Å². The molecule has 9 heteroatoms. The quantitative estimate of drug-likeness (QED) is 0.480.